The van der Waals surface area contributed by atoms with Crippen molar-refractivity contribution in [3.05, 3.63) is 18.0 Å². The summed E-state index contributed by atoms with van der Waals surface area (Å²) >= 11 is 0. The zero-order chi connectivity index (χ0) is 21.3. The normalized spacial score (nSPS) is 48.0. The molecule has 4 aliphatic rings. The molecule has 8 atom stereocenters. The van der Waals surface area contributed by atoms with Gasteiger partial charge in [-0.25, -0.2) is 0 Å². The van der Waals surface area contributed by atoms with Gasteiger partial charge in [-0.2, -0.15) is 5.10 Å². The average molecular weight is 413 g/mol. The van der Waals surface area contributed by atoms with Crippen molar-refractivity contribution in [2.45, 2.75) is 97.6 Å². The summed E-state index contributed by atoms with van der Waals surface area (Å²) < 4.78 is 1.84. The molecule has 0 aliphatic heterocycles. The predicted octanol–water partition coefficient (Wildman–Crippen LogP) is 5.17. The third-order valence-electron chi connectivity index (χ3n) is 10.5. The van der Waals surface area contributed by atoms with Gasteiger partial charge in [-0.1, -0.05) is 13.8 Å². The smallest absolute Gasteiger partial charge is 0.160 e. The van der Waals surface area contributed by atoms with Gasteiger partial charge in [0.1, 0.15) is 6.54 Å². The summed E-state index contributed by atoms with van der Waals surface area (Å²) in [6, 6.07) is 0. The fourth-order valence-corrected chi connectivity index (χ4v) is 8.68. The van der Waals surface area contributed by atoms with E-state index in [4.69, 9.17) is 0 Å². The monoisotopic (exact) mass is 412 g/mol. The summed E-state index contributed by atoms with van der Waals surface area (Å²) in [6.45, 7) is 9.22. The Balaban J connectivity index is 1.35. The number of aliphatic hydroxyl groups is 1. The van der Waals surface area contributed by atoms with Crippen LogP contribution in [-0.2, 0) is 11.3 Å². The van der Waals surface area contributed by atoms with E-state index in [1.165, 1.54) is 38.5 Å². The summed E-state index contributed by atoms with van der Waals surface area (Å²) in [5.74, 6) is 4.21. The summed E-state index contributed by atoms with van der Waals surface area (Å²) in [5.41, 5.74) is 0.573. The summed E-state index contributed by atoms with van der Waals surface area (Å²) in [7, 11) is 0. The van der Waals surface area contributed by atoms with Gasteiger partial charge in [-0.3, -0.25) is 9.48 Å². The fraction of sp³-hybridized carbons (Fsp3) is 0.846. The molecule has 0 radical (unpaired) electrons. The maximum Gasteiger partial charge on any atom is 0.160 e. The first kappa shape index (κ1) is 20.7. The molecule has 1 heterocycles. The summed E-state index contributed by atoms with van der Waals surface area (Å²) in [6.07, 6.45) is 14.3. The molecular weight excluding hydrogens is 372 g/mol. The lowest BCUT2D eigenvalue weighted by Gasteiger charge is -2.58. The Labute approximate surface area is 181 Å². The minimum atomic E-state index is -0.444. The molecule has 4 fully saturated rings. The Hall–Kier alpha value is -1.16. The summed E-state index contributed by atoms with van der Waals surface area (Å²) in [5, 5.41) is 15.0. The van der Waals surface area contributed by atoms with Crippen LogP contribution in [0.25, 0.3) is 0 Å². The van der Waals surface area contributed by atoms with Gasteiger partial charge in [0.05, 0.1) is 11.8 Å². The maximum atomic E-state index is 13.6. The second kappa shape index (κ2) is 6.92. The Kier molecular flexibility index (Phi) is 4.78. The van der Waals surface area contributed by atoms with Crippen molar-refractivity contribution in [3.8, 4) is 0 Å². The third kappa shape index (κ3) is 3.04. The highest BCUT2D eigenvalue weighted by atomic mass is 16.3. The highest BCUT2D eigenvalue weighted by Crippen LogP contribution is 2.68. The molecule has 0 bridgehead atoms. The molecule has 0 spiro atoms. The molecule has 4 heteroatoms. The lowest BCUT2D eigenvalue weighted by atomic mass is 9.47. The quantitative estimate of drug-likeness (QED) is 0.745. The first-order chi connectivity index (χ1) is 14.1. The van der Waals surface area contributed by atoms with Crippen molar-refractivity contribution in [2.24, 2.45) is 40.4 Å². The molecule has 2 unspecified atom stereocenters. The van der Waals surface area contributed by atoms with Crippen LogP contribution in [0.1, 0.15) is 84.1 Å². The van der Waals surface area contributed by atoms with Crippen molar-refractivity contribution in [1.82, 2.24) is 9.78 Å². The van der Waals surface area contributed by atoms with Gasteiger partial charge in [0.15, 0.2) is 5.78 Å². The van der Waals surface area contributed by atoms with E-state index >= 15 is 0 Å². The topological polar surface area (TPSA) is 55.1 Å². The van der Waals surface area contributed by atoms with E-state index < -0.39 is 5.60 Å². The Morgan fingerprint density at radius 3 is 2.57 bits per heavy atom. The van der Waals surface area contributed by atoms with E-state index in [9.17, 15) is 9.90 Å². The molecule has 5 rings (SSSR count). The molecule has 0 saturated heterocycles. The predicted molar refractivity (Wildman–Crippen MR) is 118 cm³/mol. The minimum Gasteiger partial charge on any atom is -0.390 e. The van der Waals surface area contributed by atoms with Crippen LogP contribution in [0, 0.1) is 47.3 Å². The lowest BCUT2D eigenvalue weighted by molar-refractivity contribution is -0.144. The number of aryl methyl sites for hydroxylation is 1. The number of Topliss-reactive ketones (excluding diaryl/α,β-unsaturated/α-hetero) is 1. The Morgan fingerprint density at radius 2 is 1.83 bits per heavy atom. The number of nitrogens with zero attached hydrogens (tertiary/aromatic N) is 2. The van der Waals surface area contributed by atoms with E-state index in [1.807, 2.05) is 30.9 Å². The number of carbonyl (C=O) groups excluding carboxylic acids is 1. The second-order valence-corrected chi connectivity index (χ2v) is 12.1. The average Bonchev–Trinajstić information content (AvgIpc) is 3.21. The second-order valence-electron chi connectivity index (χ2n) is 12.1. The largest absolute Gasteiger partial charge is 0.390 e. The first-order valence-corrected chi connectivity index (χ1v) is 12.4. The van der Waals surface area contributed by atoms with E-state index in [-0.39, 0.29) is 10.8 Å². The van der Waals surface area contributed by atoms with Crippen LogP contribution in [0.15, 0.2) is 12.4 Å². The van der Waals surface area contributed by atoms with Crippen molar-refractivity contribution in [1.29, 1.82) is 0 Å². The highest BCUT2D eigenvalue weighted by Gasteiger charge is 2.63. The number of carbonyl (C=O) groups is 1. The van der Waals surface area contributed by atoms with Gasteiger partial charge >= 0.3 is 0 Å². The highest BCUT2D eigenvalue weighted by molar-refractivity contribution is 5.85. The van der Waals surface area contributed by atoms with Gasteiger partial charge in [-0.05, 0) is 112 Å². The molecule has 4 saturated carbocycles. The molecular formula is C26H40N2O2. The van der Waals surface area contributed by atoms with Crippen LogP contribution >= 0.6 is 0 Å². The minimum absolute atomic E-state index is 0.125. The molecule has 1 aromatic heterocycles. The van der Waals surface area contributed by atoms with Crippen molar-refractivity contribution in [3.63, 3.8) is 0 Å². The standard InChI is InChI=1S/C26H40N2O2/c1-17-14-27-28(15-17)16-23(29)26(4)12-9-22-21-6-5-18-13-24(2,30)10-7-19(18)20(21)8-11-25(22,26)3/h14-15,18-22,30H,5-13,16H2,1-4H3/t18?,19-,20+,21+,22-,24+,25-,26?/m0/s1. The van der Waals surface area contributed by atoms with Crippen molar-refractivity contribution in [2.75, 3.05) is 0 Å². The van der Waals surface area contributed by atoms with Crippen LogP contribution in [0.4, 0.5) is 0 Å². The SMILES string of the molecule is Cc1cnn(CC(=O)C2(C)CC[C@H]3[C@@H]4CCC5C[C@](C)(O)CC[C@@H]5[C@H]4CC[C@@]32C)c1. The van der Waals surface area contributed by atoms with E-state index in [0.717, 1.165) is 48.5 Å². The number of ketones is 1. The van der Waals surface area contributed by atoms with E-state index in [2.05, 4.69) is 18.9 Å². The van der Waals surface area contributed by atoms with E-state index in [0.29, 0.717) is 18.2 Å². The third-order valence-corrected chi connectivity index (χ3v) is 10.5. The van der Waals surface area contributed by atoms with E-state index in [1.54, 1.807) is 0 Å². The molecule has 4 aliphatic carbocycles. The summed E-state index contributed by atoms with van der Waals surface area (Å²) in [4.78, 5) is 13.6. The zero-order valence-electron chi connectivity index (χ0n) is 19.4. The Morgan fingerprint density at radius 1 is 1.07 bits per heavy atom. The lowest BCUT2D eigenvalue weighted by Crippen LogP contribution is -2.53. The molecule has 0 aromatic carbocycles. The van der Waals surface area contributed by atoms with Crippen LogP contribution in [-0.4, -0.2) is 26.3 Å². The molecule has 0 amide bonds. The van der Waals surface area contributed by atoms with Crippen molar-refractivity contribution < 1.29 is 9.90 Å². The van der Waals surface area contributed by atoms with Gasteiger partial charge in [0.2, 0.25) is 0 Å². The molecule has 30 heavy (non-hydrogen) atoms. The van der Waals surface area contributed by atoms with Gasteiger partial charge < -0.3 is 5.11 Å². The fourth-order valence-electron chi connectivity index (χ4n) is 8.68. The number of fused-ring (bicyclic) bond motifs is 5. The molecule has 166 valence electrons. The Bertz CT molecular complexity index is 829. The number of rotatable bonds is 3. The van der Waals surface area contributed by atoms with Crippen LogP contribution < -0.4 is 0 Å². The van der Waals surface area contributed by atoms with Gasteiger partial charge in [0.25, 0.3) is 0 Å². The first-order valence-electron chi connectivity index (χ1n) is 12.4. The van der Waals surface area contributed by atoms with Gasteiger partial charge in [0, 0.05) is 11.6 Å². The number of hydrogen-bond donors (Lipinski definition) is 1. The number of hydrogen-bond acceptors (Lipinski definition) is 3. The van der Waals surface area contributed by atoms with Crippen molar-refractivity contribution >= 4 is 5.78 Å². The molecule has 1 N–H and O–H groups in total. The molecule has 1 aromatic rings. The maximum absolute atomic E-state index is 13.6. The van der Waals surface area contributed by atoms with Crippen LogP contribution in [0.2, 0.25) is 0 Å². The number of aromatic nitrogens is 2. The molecule has 4 nitrogen and oxygen atoms in total. The zero-order valence-corrected chi connectivity index (χ0v) is 19.4. The van der Waals surface area contributed by atoms with Crippen LogP contribution in [0.3, 0.4) is 0 Å². The van der Waals surface area contributed by atoms with Crippen LogP contribution in [0.5, 0.6) is 0 Å². The van der Waals surface area contributed by atoms with Gasteiger partial charge in [-0.15, -0.1) is 0 Å².